The average molecular weight is 194 g/mol. The van der Waals surface area contributed by atoms with Gasteiger partial charge in [-0.05, 0) is 6.26 Å². The van der Waals surface area contributed by atoms with Gasteiger partial charge in [-0.1, -0.05) is 23.9 Å². The molecule has 0 aromatic carbocycles. The van der Waals surface area contributed by atoms with Crippen LogP contribution in [0.15, 0.2) is 23.6 Å². The summed E-state index contributed by atoms with van der Waals surface area (Å²) in [5.74, 6) is 0. The minimum absolute atomic E-state index is 0.435. The summed E-state index contributed by atoms with van der Waals surface area (Å²) in [5.41, 5.74) is 0.916. The molecule has 1 aromatic rings. The molecule has 0 aliphatic rings. The summed E-state index contributed by atoms with van der Waals surface area (Å²) < 4.78 is 0. The highest BCUT2D eigenvalue weighted by atomic mass is 32.2. The third kappa shape index (κ3) is 3.38. The van der Waals surface area contributed by atoms with E-state index in [1.165, 1.54) is 11.8 Å². The van der Waals surface area contributed by atoms with Gasteiger partial charge < -0.3 is 4.79 Å². The topological polar surface area (TPSA) is 42.9 Å². The second kappa shape index (κ2) is 5.48. The van der Waals surface area contributed by atoms with Crippen LogP contribution in [0.5, 0.6) is 0 Å². The number of thioether (sulfide) groups is 1. The highest BCUT2D eigenvalue weighted by Crippen LogP contribution is 2.07. The first-order valence-corrected chi connectivity index (χ1v) is 5.05. The largest absolute Gasteiger partial charge is 0.303 e. The lowest BCUT2D eigenvalue weighted by molar-refractivity contribution is -0.107. The molecule has 0 bridgehead atoms. The molecule has 1 heterocycles. The monoisotopic (exact) mass is 194 g/mol. The summed E-state index contributed by atoms with van der Waals surface area (Å²) in [5, 5.41) is 0.757. The molecular weight excluding hydrogens is 184 g/mol. The lowest BCUT2D eigenvalue weighted by atomic mass is 10.3. The van der Waals surface area contributed by atoms with Gasteiger partial charge in [-0.25, -0.2) is 9.97 Å². The number of aromatic nitrogens is 2. The van der Waals surface area contributed by atoms with Crippen LogP contribution < -0.4 is 0 Å². The molecule has 0 unspecified atom stereocenters. The quantitative estimate of drug-likeness (QED) is 0.416. The average Bonchev–Trinajstić information content (AvgIpc) is 2.19. The van der Waals surface area contributed by atoms with E-state index in [0.29, 0.717) is 6.42 Å². The zero-order chi connectivity index (χ0) is 9.52. The van der Waals surface area contributed by atoms with Crippen LogP contribution in [0.25, 0.3) is 6.08 Å². The van der Waals surface area contributed by atoms with E-state index in [-0.39, 0.29) is 0 Å². The minimum atomic E-state index is 0.435. The molecular formula is C9H10N2OS. The fourth-order valence-electron chi connectivity index (χ4n) is 0.777. The Bertz CT molecular complexity index is 295. The van der Waals surface area contributed by atoms with Crippen LogP contribution in [0.1, 0.15) is 12.0 Å². The summed E-state index contributed by atoms with van der Waals surface area (Å²) in [7, 11) is 0. The normalized spacial score (nSPS) is 10.5. The van der Waals surface area contributed by atoms with Crippen molar-refractivity contribution in [3.8, 4) is 0 Å². The first-order chi connectivity index (χ1) is 6.36. The van der Waals surface area contributed by atoms with Gasteiger partial charge in [0.05, 0.1) is 0 Å². The number of nitrogens with zero attached hydrogens (tertiary/aromatic N) is 2. The molecule has 0 fully saturated rings. The molecule has 0 saturated heterocycles. The van der Waals surface area contributed by atoms with Crippen LogP contribution in [0.3, 0.4) is 0 Å². The van der Waals surface area contributed by atoms with Crippen molar-refractivity contribution in [2.75, 3.05) is 6.26 Å². The van der Waals surface area contributed by atoms with Crippen molar-refractivity contribution in [2.45, 2.75) is 11.6 Å². The number of aldehydes is 1. The second-order valence-corrected chi connectivity index (χ2v) is 3.08. The highest BCUT2D eigenvalue weighted by molar-refractivity contribution is 7.98. The van der Waals surface area contributed by atoms with Crippen molar-refractivity contribution in [3.05, 3.63) is 24.0 Å². The Morgan fingerprint density at radius 1 is 1.46 bits per heavy atom. The number of hydrogen-bond acceptors (Lipinski definition) is 4. The van der Waals surface area contributed by atoms with Crippen molar-refractivity contribution in [3.63, 3.8) is 0 Å². The van der Waals surface area contributed by atoms with Gasteiger partial charge in [0.2, 0.25) is 0 Å². The van der Waals surface area contributed by atoms with Gasteiger partial charge in [0.15, 0.2) is 5.16 Å². The smallest absolute Gasteiger partial charge is 0.187 e. The fourth-order valence-corrected chi connectivity index (χ4v) is 1.09. The standard InChI is InChI=1S/C9H10N2OS/c1-13-9-10-6-8(7-11-9)4-2-3-5-12/h2,4-7H,3H2,1H3. The third-order valence-corrected chi connectivity index (χ3v) is 1.95. The maximum Gasteiger partial charge on any atom is 0.187 e. The summed E-state index contributed by atoms with van der Waals surface area (Å²) in [6.45, 7) is 0. The number of allylic oxidation sites excluding steroid dienone is 1. The molecule has 1 rings (SSSR count). The maximum absolute atomic E-state index is 10.0. The van der Waals surface area contributed by atoms with Crippen molar-refractivity contribution in [1.29, 1.82) is 0 Å². The maximum atomic E-state index is 10.0. The Kier molecular flexibility index (Phi) is 4.18. The number of carbonyl (C=O) groups excluding carboxylic acids is 1. The van der Waals surface area contributed by atoms with E-state index in [1.54, 1.807) is 18.5 Å². The fraction of sp³-hybridized carbons (Fsp3) is 0.222. The Hall–Kier alpha value is -1.16. The molecule has 13 heavy (non-hydrogen) atoms. The lowest BCUT2D eigenvalue weighted by Crippen LogP contribution is -1.85. The molecule has 0 radical (unpaired) electrons. The molecule has 0 amide bonds. The first kappa shape index (κ1) is 9.92. The van der Waals surface area contributed by atoms with Crippen LogP contribution in [0.2, 0.25) is 0 Å². The number of carbonyl (C=O) groups is 1. The van der Waals surface area contributed by atoms with Crippen molar-refractivity contribution >= 4 is 24.1 Å². The lowest BCUT2D eigenvalue weighted by Gasteiger charge is -1.93. The summed E-state index contributed by atoms with van der Waals surface area (Å²) in [6.07, 6.45) is 10.3. The van der Waals surface area contributed by atoms with Crippen LogP contribution in [0.4, 0.5) is 0 Å². The molecule has 68 valence electrons. The predicted octanol–water partition coefficient (Wildman–Crippen LogP) is 1.80. The minimum Gasteiger partial charge on any atom is -0.303 e. The summed E-state index contributed by atoms with van der Waals surface area (Å²) in [6, 6.07) is 0. The van der Waals surface area contributed by atoms with Gasteiger partial charge in [0.1, 0.15) is 6.29 Å². The van der Waals surface area contributed by atoms with Crippen molar-refractivity contribution in [2.24, 2.45) is 0 Å². The molecule has 0 saturated carbocycles. The van der Waals surface area contributed by atoms with Crippen molar-refractivity contribution in [1.82, 2.24) is 9.97 Å². The Morgan fingerprint density at radius 2 is 2.15 bits per heavy atom. The second-order valence-electron chi connectivity index (χ2n) is 2.31. The zero-order valence-electron chi connectivity index (χ0n) is 7.30. The molecule has 0 N–H and O–H groups in total. The molecule has 0 spiro atoms. The van der Waals surface area contributed by atoms with Gasteiger partial charge >= 0.3 is 0 Å². The molecule has 1 aromatic heterocycles. The Labute approximate surface area is 81.3 Å². The van der Waals surface area contributed by atoms with E-state index in [4.69, 9.17) is 0 Å². The third-order valence-electron chi connectivity index (χ3n) is 1.37. The summed E-state index contributed by atoms with van der Waals surface area (Å²) in [4.78, 5) is 18.2. The van der Waals surface area contributed by atoms with E-state index in [0.717, 1.165) is 17.0 Å². The summed E-state index contributed by atoms with van der Waals surface area (Å²) >= 11 is 1.50. The van der Waals surface area contributed by atoms with Gasteiger partial charge in [0.25, 0.3) is 0 Å². The first-order valence-electron chi connectivity index (χ1n) is 3.83. The van der Waals surface area contributed by atoms with Gasteiger partial charge in [-0.3, -0.25) is 0 Å². The van der Waals surface area contributed by atoms with E-state index >= 15 is 0 Å². The van der Waals surface area contributed by atoms with E-state index in [2.05, 4.69) is 9.97 Å². The Balaban J connectivity index is 2.63. The van der Waals surface area contributed by atoms with Crippen LogP contribution in [-0.4, -0.2) is 22.5 Å². The highest BCUT2D eigenvalue weighted by Gasteiger charge is 1.91. The SMILES string of the molecule is CSc1ncc(C=CCC=O)cn1. The predicted molar refractivity (Wildman–Crippen MR) is 53.5 cm³/mol. The molecule has 3 nitrogen and oxygen atoms in total. The number of hydrogen-bond donors (Lipinski definition) is 0. The van der Waals surface area contributed by atoms with E-state index in [1.807, 2.05) is 12.3 Å². The molecule has 4 heteroatoms. The van der Waals surface area contributed by atoms with Crippen LogP contribution in [-0.2, 0) is 4.79 Å². The molecule has 0 atom stereocenters. The van der Waals surface area contributed by atoms with Crippen LogP contribution >= 0.6 is 11.8 Å². The van der Waals surface area contributed by atoms with Crippen LogP contribution in [0, 0.1) is 0 Å². The van der Waals surface area contributed by atoms with E-state index < -0.39 is 0 Å². The number of rotatable bonds is 4. The zero-order valence-corrected chi connectivity index (χ0v) is 8.12. The van der Waals surface area contributed by atoms with Gasteiger partial charge in [-0.15, -0.1) is 0 Å². The van der Waals surface area contributed by atoms with Gasteiger partial charge in [0, 0.05) is 24.4 Å². The van der Waals surface area contributed by atoms with Gasteiger partial charge in [-0.2, -0.15) is 0 Å². The van der Waals surface area contributed by atoms with E-state index in [9.17, 15) is 4.79 Å². The molecule has 0 aliphatic carbocycles. The van der Waals surface area contributed by atoms with Crippen molar-refractivity contribution < 1.29 is 4.79 Å². The molecule has 0 aliphatic heterocycles. The Morgan fingerprint density at radius 3 is 2.69 bits per heavy atom.